The van der Waals surface area contributed by atoms with Gasteiger partial charge in [-0.15, -0.1) is 0 Å². The van der Waals surface area contributed by atoms with E-state index in [1.807, 2.05) is 18.6 Å². The molecule has 0 saturated carbocycles. The number of rotatable bonds is 1. The number of nitrogens with one attached hydrogen (secondary N) is 1. The molecule has 1 saturated heterocycles. The van der Waals surface area contributed by atoms with Crippen LogP contribution in [0.3, 0.4) is 0 Å². The van der Waals surface area contributed by atoms with Crippen molar-refractivity contribution in [3.63, 3.8) is 0 Å². The summed E-state index contributed by atoms with van der Waals surface area (Å²) in [6.45, 7) is 2.14. The summed E-state index contributed by atoms with van der Waals surface area (Å²) in [4.78, 5) is 4.44. The van der Waals surface area contributed by atoms with Crippen LogP contribution in [-0.2, 0) is 0 Å². The van der Waals surface area contributed by atoms with Gasteiger partial charge in [0.2, 0.25) is 0 Å². The van der Waals surface area contributed by atoms with E-state index in [9.17, 15) is 0 Å². The van der Waals surface area contributed by atoms with Crippen LogP contribution < -0.4 is 5.32 Å². The van der Waals surface area contributed by atoms with E-state index in [1.165, 1.54) is 11.2 Å². The van der Waals surface area contributed by atoms with Gasteiger partial charge in [-0.05, 0) is 12.1 Å². The van der Waals surface area contributed by atoms with Crippen molar-refractivity contribution in [1.82, 2.24) is 14.7 Å². The zero-order chi connectivity index (χ0) is 8.67. The molecule has 2 aromatic heterocycles. The molecule has 2 aromatic rings. The Kier molecular flexibility index (Phi) is 1.40. The molecule has 66 valence electrons. The second-order valence-corrected chi connectivity index (χ2v) is 3.48. The summed E-state index contributed by atoms with van der Waals surface area (Å²) in [6.07, 6.45) is 3.93. The molecular weight excluding hydrogens is 162 g/mol. The Morgan fingerprint density at radius 2 is 2.31 bits per heavy atom. The van der Waals surface area contributed by atoms with Gasteiger partial charge in [0.15, 0.2) is 0 Å². The average molecular weight is 173 g/mol. The largest absolute Gasteiger partial charge is 0.315 e. The highest BCUT2D eigenvalue weighted by atomic mass is 15.0. The number of nitrogens with zero attached hydrogens (tertiary/aromatic N) is 2. The maximum atomic E-state index is 4.44. The van der Waals surface area contributed by atoms with Crippen molar-refractivity contribution in [3.05, 3.63) is 36.4 Å². The van der Waals surface area contributed by atoms with E-state index in [0.29, 0.717) is 5.92 Å². The van der Waals surface area contributed by atoms with Gasteiger partial charge in [-0.1, -0.05) is 6.07 Å². The number of fused-ring (bicyclic) bond motifs is 1. The minimum atomic E-state index is 0.618. The molecular formula is C10H11N3. The summed E-state index contributed by atoms with van der Waals surface area (Å²) in [5, 5.41) is 3.26. The molecule has 0 bridgehead atoms. The SMILES string of the molecule is c1ccn2cnc(C3CNC3)c2c1. The third kappa shape index (κ3) is 0.971. The minimum absolute atomic E-state index is 0.618. The molecule has 0 aromatic carbocycles. The van der Waals surface area contributed by atoms with Crippen molar-refractivity contribution in [2.24, 2.45) is 0 Å². The standard InChI is InChI=1S/C10H11N3/c1-2-4-13-7-12-10(9(13)3-1)8-5-11-6-8/h1-4,7-8,11H,5-6H2. The van der Waals surface area contributed by atoms with Gasteiger partial charge in [0.25, 0.3) is 0 Å². The van der Waals surface area contributed by atoms with Crippen LogP contribution in [0.15, 0.2) is 30.7 Å². The van der Waals surface area contributed by atoms with Gasteiger partial charge in [0.05, 0.1) is 17.5 Å². The molecule has 0 amide bonds. The monoisotopic (exact) mass is 173 g/mol. The Bertz CT molecular complexity index is 428. The Labute approximate surface area is 76.4 Å². The first-order valence-corrected chi connectivity index (χ1v) is 4.57. The van der Waals surface area contributed by atoms with Crippen molar-refractivity contribution in [3.8, 4) is 0 Å². The van der Waals surface area contributed by atoms with E-state index in [2.05, 4.69) is 26.8 Å². The number of aromatic nitrogens is 2. The van der Waals surface area contributed by atoms with Gasteiger partial charge in [0.1, 0.15) is 0 Å². The predicted molar refractivity (Wildman–Crippen MR) is 50.8 cm³/mol. The smallest absolute Gasteiger partial charge is 0.0995 e. The van der Waals surface area contributed by atoms with E-state index in [1.54, 1.807) is 0 Å². The van der Waals surface area contributed by atoms with E-state index in [4.69, 9.17) is 0 Å². The number of hydrogen-bond donors (Lipinski definition) is 1. The van der Waals surface area contributed by atoms with Crippen LogP contribution in [-0.4, -0.2) is 22.5 Å². The topological polar surface area (TPSA) is 29.3 Å². The van der Waals surface area contributed by atoms with E-state index >= 15 is 0 Å². The van der Waals surface area contributed by atoms with E-state index < -0.39 is 0 Å². The van der Waals surface area contributed by atoms with Gasteiger partial charge in [-0.25, -0.2) is 4.98 Å². The van der Waals surface area contributed by atoms with Crippen molar-refractivity contribution in [2.75, 3.05) is 13.1 Å². The fourth-order valence-corrected chi connectivity index (χ4v) is 1.76. The first-order chi connectivity index (χ1) is 6.45. The van der Waals surface area contributed by atoms with E-state index in [0.717, 1.165) is 13.1 Å². The summed E-state index contributed by atoms with van der Waals surface area (Å²) in [6, 6.07) is 6.21. The molecule has 3 heteroatoms. The zero-order valence-corrected chi connectivity index (χ0v) is 7.27. The maximum Gasteiger partial charge on any atom is 0.0995 e. The second-order valence-electron chi connectivity index (χ2n) is 3.48. The molecule has 0 spiro atoms. The predicted octanol–water partition coefficient (Wildman–Crippen LogP) is 1.02. The fraction of sp³-hybridized carbons (Fsp3) is 0.300. The van der Waals surface area contributed by atoms with Crippen LogP contribution in [0.4, 0.5) is 0 Å². The molecule has 1 aliphatic heterocycles. The summed E-state index contributed by atoms with van der Waals surface area (Å²) < 4.78 is 2.08. The number of hydrogen-bond acceptors (Lipinski definition) is 2. The quantitative estimate of drug-likeness (QED) is 0.697. The normalized spacial score (nSPS) is 17.5. The Hall–Kier alpha value is -1.35. The fourth-order valence-electron chi connectivity index (χ4n) is 1.76. The van der Waals surface area contributed by atoms with Crippen LogP contribution >= 0.6 is 0 Å². The van der Waals surface area contributed by atoms with Crippen molar-refractivity contribution < 1.29 is 0 Å². The average Bonchev–Trinajstić information content (AvgIpc) is 2.47. The Morgan fingerprint density at radius 1 is 1.38 bits per heavy atom. The molecule has 0 atom stereocenters. The molecule has 1 aliphatic rings. The summed E-state index contributed by atoms with van der Waals surface area (Å²) in [5.74, 6) is 0.618. The van der Waals surface area contributed by atoms with Crippen LogP contribution in [0, 0.1) is 0 Å². The van der Waals surface area contributed by atoms with Gasteiger partial charge in [-0.3, -0.25) is 0 Å². The maximum absolute atomic E-state index is 4.44. The van der Waals surface area contributed by atoms with Crippen LogP contribution in [0.25, 0.3) is 5.52 Å². The third-order valence-electron chi connectivity index (χ3n) is 2.64. The lowest BCUT2D eigenvalue weighted by Gasteiger charge is -2.25. The lowest BCUT2D eigenvalue weighted by Crippen LogP contribution is -2.40. The summed E-state index contributed by atoms with van der Waals surface area (Å²) in [7, 11) is 0. The van der Waals surface area contributed by atoms with Gasteiger partial charge < -0.3 is 9.72 Å². The molecule has 1 fully saturated rings. The molecule has 0 unspecified atom stereocenters. The second kappa shape index (κ2) is 2.57. The highest BCUT2D eigenvalue weighted by molar-refractivity contribution is 5.53. The summed E-state index contributed by atoms with van der Waals surface area (Å²) >= 11 is 0. The first kappa shape index (κ1) is 7.09. The first-order valence-electron chi connectivity index (χ1n) is 4.57. The van der Waals surface area contributed by atoms with Gasteiger partial charge >= 0.3 is 0 Å². The highest BCUT2D eigenvalue weighted by Crippen LogP contribution is 2.22. The molecule has 0 radical (unpaired) electrons. The lowest BCUT2D eigenvalue weighted by atomic mass is 9.98. The third-order valence-corrected chi connectivity index (χ3v) is 2.64. The number of imidazole rings is 1. The zero-order valence-electron chi connectivity index (χ0n) is 7.27. The molecule has 3 heterocycles. The van der Waals surface area contributed by atoms with Gasteiger partial charge in [0, 0.05) is 25.2 Å². The highest BCUT2D eigenvalue weighted by Gasteiger charge is 2.22. The molecule has 0 aliphatic carbocycles. The van der Waals surface area contributed by atoms with Gasteiger partial charge in [-0.2, -0.15) is 0 Å². The lowest BCUT2D eigenvalue weighted by molar-refractivity contribution is 0.443. The van der Waals surface area contributed by atoms with Crippen LogP contribution in [0.5, 0.6) is 0 Å². The van der Waals surface area contributed by atoms with Crippen molar-refractivity contribution >= 4 is 5.52 Å². The molecule has 1 N–H and O–H groups in total. The van der Waals surface area contributed by atoms with Crippen molar-refractivity contribution in [1.29, 1.82) is 0 Å². The minimum Gasteiger partial charge on any atom is -0.315 e. The Balaban J connectivity index is 2.17. The molecule has 3 nitrogen and oxygen atoms in total. The van der Waals surface area contributed by atoms with E-state index in [-0.39, 0.29) is 0 Å². The Morgan fingerprint density at radius 3 is 3.08 bits per heavy atom. The molecule has 13 heavy (non-hydrogen) atoms. The molecule has 3 rings (SSSR count). The van der Waals surface area contributed by atoms with Crippen molar-refractivity contribution in [2.45, 2.75) is 5.92 Å². The number of pyridine rings is 1. The van der Waals surface area contributed by atoms with Crippen LogP contribution in [0.1, 0.15) is 11.6 Å². The van der Waals surface area contributed by atoms with Crippen LogP contribution in [0.2, 0.25) is 0 Å². The summed E-state index contributed by atoms with van der Waals surface area (Å²) in [5.41, 5.74) is 2.48.